The molecule has 0 saturated carbocycles. The smallest absolute Gasteiger partial charge is 0.249 e. The minimum atomic E-state index is -0.172. The van der Waals surface area contributed by atoms with E-state index in [0.717, 1.165) is 30.7 Å². The average Bonchev–Trinajstić information content (AvgIpc) is 2.99. The molecule has 0 aliphatic carbocycles. The Bertz CT molecular complexity index is 645. The Morgan fingerprint density at radius 2 is 2.00 bits per heavy atom. The quantitative estimate of drug-likeness (QED) is 0.755. The molecular weight excluding hydrogens is 290 g/mol. The highest BCUT2D eigenvalue weighted by atomic mass is 16.5. The highest BCUT2D eigenvalue weighted by Gasteiger charge is 2.03. The van der Waals surface area contributed by atoms with Crippen molar-refractivity contribution in [1.82, 2.24) is 9.78 Å². The van der Waals surface area contributed by atoms with E-state index >= 15 is 0 Å². The lowest BCUT2D eigenvalue weighted by Gasteiger charge is -2.06. The Labute approximate surface area is 137 Å². The molecule has 1 aromatic heterocycles. The van der Waals surface area contributed by atoms with Gasteiger partial charge in [0.05, 0.1) is 12.8 Å². The number of aromatic nitrogens is 2. The Morgan fingerprint density at radius 3 is 2.70 bits per heavy atom. The van der Waals surface area contributed by atoms with E-state index in [4.69, 9.17) is 4.74 Å². The molecule has 2 aromatic rings. The lowest BCUT2D eigenvalue weighted by Crippen LogP contribution is -2.13. The summed E-state index contributed by atoms with van der Waals surface area (Å²) in [6.45, 7) is 5.64. The van der Waals surface area contributed by atoms with E-state index in [0.29, 0.717) is 12.4 Å². The van der Waals surface area contributed by atoms with Crippen molar-refractivity contribution in [1.29, 1.82) is 0 Å². The molecule has 0 spiro atoms. The van der Waals surface area contributed by atoms with Gasteiger partial charge >= 0.3 is 0 Å². The van der Waals surface area contributed by atoms with Crippen LogP contribution in [-0.4, -0.2) is 22.3 Å². The molecule has 0 saturated heterocycles. The summed E-state index contributed by atoms with van der Waals surface area (Å²) in [4.78, 5) is 12.0. The standard InChI is InChI=1S/C18H23N3O2/c1-3-13-21-17(11-12-19-21)20-18(22)10-7-15-5-8-16(9-6-15)23-14-4-2/h5-12H,3-4,13-14H2,1-2H3,(H,20,22)/b10-7+. The molecule has 5 nitrogen and oxygen atoms in total. The normalized spacial score (nSPS) is 10.9. The van der Waals surface area contributed by atoms with Gasteiger partial charge in [0.1, 0.15) is 11.6 Å². The summed E-state index contributed by atoms with van der Waals surface area (Å²) in [6, 6.07) is 9.46. The number of benzene rings is 1. The van der Waals surface area contributed by atoms with Crippen LogP contribution in [0.15, 0.2) is 42.6 Å². The van der Waals surface area contributed by atoms with Crippen molar-refractivity contribution in [2.45, 2.75) is 33.2 Å². The van der Waals surface area contributed by atoms with Gasteiger partial charge in [-0.05, 0) is 36.6 Å². The molecular formula is C18H23N3O2. The highest BCUT2D eigenvalue weighted by Crippen LogP contribution is 2.13. The van der Waals surface area contributed by atoms with Crippen LogP contribution in [0.4, 0.5) is 5.82 Å². The van der Waals surface area contributed by atoms with Crippen LogP contribution >= 0.6 is 0 Å². The first-order valence-electron chi connectivity index (χ1n) is 7.96. The number of carbonyl (C=O) groups excluding carboxylic acids is 1. The minimum Gasteiger partial charge on any atom is -0.494 e. The Balaban J connectivity index is 1.91. The third-order valence-electron chi connectivity index (χ3n) is 3.18. The number of anilines is 1. The van der Waals surface area contributed by atoms with Crippen LogP contribution in [0.2, 0.25) is 0 Å². The van der Waals surface area contributed by atoms with E-state index in [9.17, 15) is 4.79 Å². The molecule has 0 fully saturated rings. The maximum atomic E-state index is 12.0. The van der Waals surface area contributed by atoms with Crippen molar-refractivity contribution in [3.63, 3.8) is 0 Å². The summed E-state index contributed by atoms with van der Waals surface area (Å²) in [6.07, 6.45) is 6.93. The van der Waals surface area contributed by atoms with Gasteiger partial charge < -0.3 is 10.1 Å². The van der Waals surface area contributed by atoms with E-state index in [2.05, 4.69) is 24.3 Å². The van der Waals surface area contributed by atoms with Crippen LogP contribution in [0.3, 0.4) is 0 Å². The van der Waals surface area contributed by atoms with Gasteiger partial charge in [-0.1, -0.05) is 26.0 Å². The molecule has 0 unspecified atom stereocenters. The summed E-state index contributed by atoms with van der Waals surface area (Å²) < 4.78 is 7.31. The summed E-state index contributed by atoms with van der Waals surface area (Å²) in [7, 11) is 0. The molecule has 1 amide bonds. The number of hydrogen-bond acceptors (Lipinski definition) is 3. The second-order valence-corrected chi connectivity index (χ2v) is 5.18. The van der Waals surface area contributed by atoms with Gasteiger partial charge in [0.25, 0.3) is 0 Å². The predicted octanol–water partition coefficient (Wildman–Crippen LogP) is 3.73. The first-order valence-corrected chi connectivity index (χ1v) is 7.96. The van der Waals surface area contributed by atoms with Crippen molar-refractivity contribution in [3.8, 4) is 5.75 Å². The lowest BCUT2D eigenvalue weighted by atomic mass is 10.2. The molecule has 0 aliphatic rings. The Kier molecular flexibility index (Phi) is 6.41. The zero-order valence-electron chi connectivity index (χ0n) is 13.7. The molecule has 2 rings (SSSR count). The van der Waals surface area contributed by atoms with Crippen LogP contribution in [0.5, 0.6) is 5.75 Å². The largest absolute Gasteiger partial charge is 0.494 e. The minimum absolute atomic E-state index is 0.172. The van der Waals surface area contributed by atoms with E-state index < -0.39 is 0 Å². The number of amides is 1. The number of carbonyl (C=O) groups is 1. The van der Waals surface area contributed by atoms with Crippen LogP contribution in [-0.2, 0) is 11.3 Å². The number of nitrogens with one attached hydrogen (secondary N) is 1. The number of ether oxygens (including phenoxy) is 1. The van der Waals surface area contributed by atoms with E-state index in [-0.39, 0.29) is 5.91 Å². The molecule has 23 heavy (non-hydrogen) atoms. The van der Waals surface area contributed by atoms with Crippen molar-refractivity contribution in [3.05, 3.63) is 48.2 Å². The summed E-state index contributed by atoms with van der Waals surface area (Å²) in [5.74, 6) is 1.39. The molecule has 0 bridgehead atoms. The molecule has 1 N–H and O–H groups in total. The lowest BCUT2D eigenvalue weighted by molar-refractivity contribution is -0.111. The van der Waals surface area contributed by atoms with Crippen LogP contribution in [0.25, 0.3) is 6.08 Å². The van der Waals surface area contributed by atoms with Crippen LogP contribution in [0.1, 0.15) is 32.3 Å². The van der Waals surface area contributed by atoms with Crippen LogP contribution in [0, 0.1) is 0 Å². The maximum Gasteiger partial charge on any atom is 0.249 e. The van der Waals surface area contributed by atoms with E-state index in [1.54, 1.807) is 23.0 Å². The summed E-state index contributed by atoms with van der Waals surface area (Å²) >= 11 is 0. The van der Waals surface area contributed by atoms with Gasteiger partial charge in [-0.3, -0.25) is 4.79 Å². The molecule has 1 aromatic carbocycles. The number of hydrogen-bond donors (Lipinski definition) is 1. The van der Waals surface area contributed by atoms with Gasteiger partial charge in [-0.2, -0.15) is 5.10 Å². The van der Waals surface area contributed by atoms with Gasteiger partial charge in [0.15, 0.2) is 0 Å². The van der Waals surface area contributed by atoms with E-state index in [1.165, 1.54) is 6.08 Å². The second-order valence-electron chi connectivity index (χ2n) is 5.18. The Morgan fingerprint density at radius 1 is 1.22 bits per heavy atom. The van der Waals surface area contributed by atoms with Gasteiger partial charge in [0, 0.05) is 18.7 Å². The summed E-state index contributed by atoms with van der Waals surface area (Å²) in [5, 5.41) is 7.01. The molecule has 1 heterocycles. The third-order valence-corrected chi connectivity index (χ3v) is 3.18. The monoisotopic (exact) mass is 313 g/mol. The first-order chi connectivity index (χ1) is 11.2. The zero-order valence-corrected chi connectivity index (χ0v) is 13.7. The molecule has 5 heteroatoms. The Hall–Kier alpha value is -2.56. The van der Waals surface area contributed by atoms with Crippen molar-refractivity contribution in [2.24, 2.45) is 0 Å². The number of nitrogens with zero attached hydrogens (tertiary/aromatic N) is 2. The second kappa shape index (κ2) is 8.78. The predicted molar refractivity (Wildman–Crippen MR) is 92.4 cm³/mol. The van der Waals surface area contributed by atoms with Crippen molar-refractivity contribution in [2.75, 3.05) is 11.9 Å². The van der Waals surface area contributed by atoms with Crippen molar-refractivity contribution >= 4 is 17.8 Å². The zero-order chi connectivity index (χ0) is 16.5. The molecule has 0 atom stereocenters. The third kappa shape index (κ3) is 5.29. The first kappa shape index (κ1) is 16.8. The fourth-order valence-electron chi connectivity index (χ4n) is 2.06. The van der Waals surface area contributed by atoms with Crippen molar-refractivity contribution < 1.29 is 9.53 Å². The van der Waals surface area contributed by atoms with Gasteiger partial charge in [0.2, 0.25) is 5.91 Å². The topological polar surface area (TPSA) is 56.1 Å². The van der Waals surface area contributed by atoms with Gasteiger partial charge in [-0.25, -0.2) is 4.68 Å². The molecule has 0 aliphatic heterocycles. The maximum absolute atomic E-state index is 12.0. The SMILES string of the molecule is CCCOc1ccc(/C=C/C(=O)Nc2ccnn2CCC)cc1. The number of rotatable bonds is 8. The number of aryl methyl sites for hydroxylation is 1. The fourth-order valence-corrected chi connectivity index (χ4v) is 2.06. The van der Waals surface area contributed by atoms with Gasteiger partial charge in [-0.15, -0.1) is 0 Å². The summed E-state index contributed by atoms with van der Waals surface area (Å²) in [5.41, 5.74) is 0.950. The van der Waals surface area contributed by atoms with Crippen LogP contribution < -0.4 is 10.1 Å². The molecule has 0 radical (unpaired) electrons. The average molecular weight is 313 g/mol. The fraction of sp³-hybridized carbons (Fsp3) is 0.333. The molecule has 122 valence electrons. The highest BCUT2D eigenvalue weighted by molar-refractivity contribution is 6.01. The van der Waals surface area contributed by atoms with E-state index in [1.807, 2.05) is 24.3 Å².